The zero-order valence-electron chi connectivity index (χ0n) is 16.9. The van der Waals surface area contributed by atoms with E-state index in [4.69, 9.17) is 5.73 Å². The van der Waals surface area contributed by atoms with E-state index in [2.05, 4.69) is 5.32 Å². The summed E-state index contributed by atoms with van der Waals surface area (Å²) in [5.41, 5.74) is 7.27. The van der Waals surface area contributed by atoms with Crippen molar-refractivity contribution in [1.29, 1.82) is 0 Å². The van der Waals surface area contributed by atoms with Crippen LogP contribution < -0.4 is 11.1 Å². The van der Waals surface area contributed by atoms with E-state index in [1.54, 1.807) is 31.2 Å². The monoisotopic (exact) mass is 462 g/mol. The number of allylic oxidation sites excluding steroid dienone is 4. The van der Waals surface area contributed by atoms with E-state index in [-0.39, 0.29) is 22.7 Å². The molecule has 4 atom stereocenters. The molecule has 0 radical (unpaired) electrons. The van der Waals surface area contributed by atoms with Crippen LogP contribution in [0.3, 0.4) is 0 Å². The summed E-state index contributed by atoms with van der Waals surface area (Å²) in [6.07, 6.45) is 6.96. The second kappa shape index (κ2) is 8.21. The Morgan fingerprint density at radius 3 is 2.13 bits per heavy atom. The normalized spacial score (nSPS) is 30.4. The molecule has 4 N–H and O–H groups in total. The molecule has 3 amide bonds. The van der Waals surface area contributed by atoms with Gasteiger partial charge in [0.25, 0.3) is 11.8 Å². The molecule has 0 aromatic carbocycles. The lowest BCUT2D eigenvalue weighted by molar-refractivity contribution is -0.151. The number of β-lactam (4-membered cyclic amide) rings is 2. The van der Waals surface area contributed by atoms with Crippen LogP contribution >= 0.6 is 23.5 Å². The number of carboxylic acids is 1. The van der Waals surface area contributed by atoms with Gasteiger partial charge in [-0.25, -0.2) is 4.79 Å². The number of hydrogen-bond donors (Lipinski definition) is 3. The molecule has 2 saturated heterocycles. The maximum absolute atomic E-state index is 13.2. The lowest BCUT2D eigenvalue weighted by Crippen LogP contribution is -2.72. The van der Waals surface area contributed by atoms with Gasteiger partial charge in [-0.15, -0.1) is 23.5 Å². The quantitative estimate of drug-likeness (QED) is 0.499. The average molecular weight is 463 g/mol. The molecule has 2 fully saturated rings. The molecule has 9 nitrogen and oxygen atoms in total. The Hall–Kier alpha value is -2.50. The van der Waals surface area contributed by atoms with Crippen molar-refractivity contribution in [2.24, 2.45) is 5.73 Å². The topological polar surface area (TPSA) is 133 Å². The van der Waals surface area contributed by atoms with Crippen molar-refractivity contribution in [1.82, 2.24) is 15.1 Å². The highest BCUT2D eigenvalue weighted by atomic mass is 32.2. The van der Waals surface area contributed by atoms with Gasteiger partial charge in [-0.05, 0) is 25.0 Å². The third kappa shape index (κ3) is 3.31. The SMILES string of the molecule is C/C=C\C1=C(C(=O)NC2C(=O)N3C(C(=O)O)=C(/C=C\C)CSC23)N2C(=O)C(N)C2SC1. The smallest absolute Gasteiger partial charge is 0.352 e. The van der Waals surface area contributed by atoms with Crippen molar-refractivity contribution < 1.29 is 24.3 Å². The fraction of sp³-hybridized carbons (Fsp3) is 0.400. The van der Waals surface area contributed by atoms with E-state index in [0.717, 1.165) is 0 Å². The Morgan fingerprint density at radius 1 is 1.00 bits per heavy atom. The van der Waals surface area contributed by atoms with Crippen LogP contribution in [-0.4, -0.2) is 72.9 Å². The summed E-state index contributed by atoms with van der Waals surface area (Å²) in [6.45, 7) is 3.59. The summed E-state index contributed by atoms with van der Waals surface area (Å²) in [4.78, 5) is 52.7. The van der Waals surface area contributed by atoms with Crippen molar-refractivity contribution in [3.05, 3.63) is 46.8 Å². The highest BCUT2D eigenvalue weighted by Crippen LogP contribution is 2.42. The van der Waals surface area contributed by atoms with Crippen LogP contribution in [0.2, 0.25) is 0 Å². The van der Waals surface area contributed by atoms with Crippen LogP contribution in [0.4, 0.5) is 0 Å². The Bertz CT molecular complexity index is 1000. The number of thioether (sulfide) groups is 2. The molecule has 0 saturated carbocycles. The van der Waals surface area contributed by atoms with E-state index >= 15 is 0 Å². The number of amides is 3. The lowest BCUT2D eigenvalue weighted by Gasteiger charge is -2.51. The number of carbonyl (C=O) groups is 4. The minimum absolute atomic E-state index is 0.0517. The number of aliphatic carboxylic acids is 1. The summed E-state index contributed by atoms with van der Waals surface area (Å²) in [5, 5.41) is 11.5. The summed E-state index contributed by atoms with van der Waals surface area (Å²) >= 11 is 2.89. The largest absolute Gasteiger partial charge is 0.477 e. The number of carbonyl (C=O) groups excluding carboxylic acids is 3. The molecule has 0 aliphatic carbocycles. The number of fused-ring (bicyclic) bond motifs is 2. The van der Waals surface area contributed by atoms with Gasteiger partial charge < -0.3 is 16.2 Å². The number of nitrogens with zero attached hydrogens (tertiary/aromatic N) is 2. The molecule has 0 aromatic heterocycles. The highest BCUT2D eigenvalue weighted by molar-refractivity contribution is 8.00. The number of nitrogens with two attached hydrogens (primary N) is 1. The van der Waals surface area contributed by atoms with Crippen LogP contribution in [0.15, 0.2) is 46.8 Å². The average Bonchev–Trinajstić information content (AvgIpc) is 2.76. The second-order valence-electron chi connectivity index (χ2n) is 7.35. The molecular weight excluding hydrogens is 440 g/mol. The number of rotatable bonds is 5. The zero-order chi connectivity index (χ0) is 22.4. The predicted octanol–water partition coefficient (Wildman–Crippen LogP) is 0.374. The molecule has 4 aliphatic heterocycles. The Labute approximate surface area is 187 Å². The van der Waals surface area contributed by atoms with Gasteiger partial charge in [-0.2, -0.15) is 0 Å². The van der Waals surface area contributed by atoms with Crippen LogP contribution in [0.25, 0.3) is 0 Å². The van der Waals surface area contributed by atoms with Crippen molar-refractivity contribution in [2.45, 2.75) is 36.7 Å². The summed E-state index contributed by atoms with van der Waals surface area (Å²) < 4.78 is 0. The standard InChI is InChI=1S/C20H22N4O5S2/c1-3-5-9-7-30-18-11(21)16(26)23(18)13(9)15(25)22-12-17(27)24-14(20(28)29)10(6-4-2)8-31-19(12)24/h3-6,11-12,18-19H,7-8,21H2,1-2H3,(H,22,25)(H,28,29)/b5-3-,6-4-. The summed E-state index contributed by atoms with van der Waals surface area (Å²) in [6, 6.07) is -1.51. The van der Waals surface area contributed by atoms with Gasteiger partial charge in [0.2, 0.25) is 5.91 Å². The van der Waals surface area contributed by atoms with Crippen LogP contribution in [0, 0.1) is 0 Å². The molecule has 31 heavy (non-hydrogen) atoms. The van der Waals surface area contributed by atoms with E-state index in [0.29, 0.717) is 22.7 Å². The van der Waals surface area contributed by atoms with Gasteiger partial charge in [0.05, 0.1) is 0 Å². The molecule has 0 aromatic rings. The minimum atomic E-state index is -1.18. The Morgan fingerprint density at radius 2 is 1.55 bits per heavy atom. The number of carboxylic acid groups (broad SMARTS) is 1. The van der Waals surface area contributed by atoms with Gasteiger partial charge in [0.15, 0.2) is 0 Å². The van der Waals surface area contributed by atoms with Crippen LogP contribution in [0.1, 0.15) is 13.8 Å². The van der Waals surface area contributed by atoms with Crippen LogP contribution in [0.5, 0.6) is 0 Å². The molecular formula is C20H22N4O5S2. The molecule has 0 bridgehead atoms. The summed E-state index contributed by atoms with van der Waals surface area (Å²) in [7, 11) is 0. The third-order valence-corrected chi connectivity index (χ3v) is 8.10. The van der Waals surface area contributed by atoms with E-state index in [9.17, 15) is 24.3 Å². The van der Waals surface area contributed by atoms with Crippen molar-refractivity contribution in [3.8, 4) is 0 Å². The molecule has 4 unspecified atom stereocenters. The minimum Gasteiger partial charge on any atom is -0.477 e. The third-order valence-electron chi connectivity index (χ3n) is 5.48. The second-order valence-corrected chi connectivity index (χ2v) is 9.56. The van der Waals surface area contributed by atoms with Gasteiger partial charge in [0.1, 0.15) is 34.2 Å². The molecule has 4 heterocycles. The van der Waals surface area contributed by atoms with Crippen molar-refractivity contribution in [2.75, 3.05) is 11.5 Å². The van der Waals surface area contributed by atoms with Gasteiger partial charge in [-0.3, -0.25) is 24.2 Å². The Balaban J connectivity index is 1.58. The Kier molecular flexibility index (Phi) is 5.75. The maximum Gasteiger partial charge on any atom is 0.352 e. The van der Waals surface area contributed by atoms with Crippen molar-refractivity contribution in [3.63, 3.8) is 0 Å². The van der Waals surface area contributed by atoms with Gasteiger partial charge >= 0.3 is 5.97 Å². The maximum atomic E-state index is 13.2. The van der Waals surface area contributed by atoms with Crippen molar-refractivity contribution >= 4 is 47.2 Å². The summed E-state index contributed by atoms with van der Waals surface area (Å²) in [5.74, 6) is -1.58. The fourth-order valence-electron chi connectivity index (χ4n) is 4.07. The first kappa shape index (κ1) is 21.7. The first-order valence-electron chi connectivity index (χ1n) is 9.72. The molecule has 11 heteroatoms. The van der Waals surface area contributed by atoms with Gasteiger partial charge in [0, 0.05) is 11.5 Å². The fourth-order valence-corrected chi connectivity index (χ4v) is 6.65. The molecule has 4 rings (SSSR count). The number of nitrogens with one attached hydrogen (secondary N) is 1. The number of hydrogen-bond acceptors (Lipinski definition) is 7. The first-order valence-corrected chi connectivity index (χ1v) is 11.8. The van der Waals surface area contributed by atoms with E-state index < -0.39 is 35.2 Å². The highest BCUT2D eigenvalue weighted by Gasteiger charge is 2.56. The molecule has 4 aliphatic rings. The lowest BCUT2D eigenvalue weighted by atomic mass is 10.0. The van der Waals surface area contributed by atoms with E-state index in [1.165, 1.54) is 33.3 Å². The predicted molar refractivity (Wildman–Crippen MR) is 117 cm³/mol. The van der Waals surface area contributed by atoms with Gasteiger partial charge in [-0.1, -0.05) is 24.3 Å². The zero-order valence-corrected chi connectivity index (χ0v) is 18.5. The first-order chi connectivity index (χ1) is 14.8. The van der Waals surface area contributed by atoms with E-state index in [1.807, 2.05) is 6.92 Å². The molecule has 0 spiro atoms. The van der Waals surface area contributed by atoms with Crippen LogP contribution in [-0.2, 0) is 19.2 Å². The molecule has 164 valence electrons.